The maximum atomic E-state index is 11.0. The van der Waals surface area contributed by atoms with Gasteiger partial charge in [0.1, 0.15) is 5.75 Å². The molecule has 2 rings (SSSR count). The van der Waals surface area contributed by atoms with Crippen molar-refractivity contribution in [1.82, 2.24) is 5.43 Å². The molecule has 0 aromatic heterocycles. The topological polar surface area (TPSA) is 114 Å². The van der Waals surface area contributed by atoms with E-state index in [1.165, 1.54) is 5.56 Å². The molecule has 1 aliphatic heterocycles. The Morgan fingerprint density at radius 1 is 1.45 bits per heavy atom. The number of nitrogens with zero attached hydrogens (tertiary/aromatic N) is 1. The Labute approximate surface area is 129 Å². The highest BCUT2D eigenvalue weighted by atomic mass is 16.5. The van der Waals surface area contributed by atoms with Crippen LogP contribution in [0.1, 0.15) is 25.8 Å². The first-order valence-corrected chi connectivity index (χ1v) is 7.21. The van der Waals surface area contributed by atoms with Crippen molar-refractivity contribution in [2.45, 2.75) is 32.7 Å². The number of carboxylic acid groups (broad SMARTS) is 1. The first-order chi connectivity index (χ1) is 10.4. The average molecular weight is 306 g/mol. The summed E-state index contributed by atoms with van der Waals surface area (Å²) in [6, 6.07) is 6.04. The van der Waals surface area contributed by atoms with Crippen molar-refractivity contribution in [3.05, 3.63) is 35.3 Å². The van der Waals surface area contributed by atoms with Gasteiger partial charge < -0.3 is 25.9 Å². The van der Waals surface area contributed by atoms with Crippen LogP contribution in [-0.2, 0) is 11.2 Å². The minimum absolute atomic E-state index is 0.276. The number of fused-ring (bicyclic) bond motifs is 1. The number of hydrogen-bond acceptors (Lipinski definition) is 6. The molecule has 120 valence electrons. The van der Waals surface area contributed by atoms with Crippen molar-refractivity contribution >= 4 is 11.7 Å². The lowest BCUT2D eigenvalue weighted by Crippen LogP contribution is -2.35. The summed E-state index contributed by atoms with van der Waals surface area (Å²) in [4.78, 5) is 13.3. The molecule has 0 amide bonds. The second-order valence-electron chi connectivity index (χ2n) is 5.47. The standard InChI is InChI=1S/C15H22N4O3/c1-9(2)19-7-3-4-10-5-6-11(8-12(10)19)22-14(16)13(18-17)15(20)21/h5-6,8-9,18H,3-4,7,16-17H2,1-2H3,(H,20,21)/b14-13+. The summed E-state index contributed by atoms with van der Waals surface area (Å²) in [6.45, 7) is 5.26. The van der Waals surface area contributed by atoms with Crippen LogP contribution >= 0.6 is 0 Å². The smallest absolute Gasteiger partial charge is 0.358 e. The molecule has 7 nitrogen and oxygen atoms in total. The summed E-state index contributed by atoms with van der Waals surface area (Å²) in [6.07, 6.45) is 2.14. The predicted octanol–water partition coefficient (Wildman–Crippen LogP) is 0.902. The normalized spacial score (nSPS) is 15.2. The average Bonchev–Trinajstić information content (AvgIpc) is 2.46. The van der Waals surface area contributed by atoms with Gasteiger partial charge in [-0.25, -0.2) is 4.79 Å². The van der Waals surface area contributed by atoms with Crippen molar-refractivity contribution < 1.29 is 14.6 Å². The molecule has 7 heteroatoms. The van der Waals surface area contributed by atoms with Crippen LogP contribution in [-0.4, -0.2) is 23.7 Å². The van der Waals surface area contributed by atoms with Crippen molar-refractivity contribution in [2.75, 3.05) is 11.4 Å². The van der Waals surface area contributed by atoms with Gasteiger partial charge >= 0.3 is 5.97 Å². The number of carbonyl (C=O) groups is 1. The van der Waals surface area contributed by atoms with Gasteiger partial charge in [-0.15, -0.1) is 0 Å². The quantitative estimate of drug-likeness (QED) is 0.276. The summed E-state index contributed by atoms with van der Waals surface area (Å²) < 4.78 is 5.43. The van der Waals surface area contributed by atoms with Gasteiger partial charge in [0, 0.05) is 24.3 Å². The van der Waals surface area contributed by atoms with Crippen molar-refractivity contribution in [1.29, 1.82) is 0 Å². The van der Waals surface area contributed by atoms with Crippen LogP contribution in [0.25, 0.3) is 0 Å². The number of aliphatic carboxylic acids is 1. The summed E-state index contributed by atoms with van der Waals surface area (Å²) in [5, 5.41) is 8.96. The Bertz CT molecular complexity index is 598. The summed E-state index contributed by atoms with van der Waals surface area (Å²) in [7, 11) is 0. The molecular weight excluding hydrogens is 284 g/mol. The second-order valence-corrected chi connectivity index (χ2v) is 5.47. The van der Waals surface area contributed by atoms with E-state index >= 15 is 0 Å². The van der Waals surface area contributed by atoms with E-state index in [0.717, 1.165) is 25.1 Å². The third-order valence-electron chi connectivity index (χ3n) is 3.67. The van der Waals surface area contributed by atoms with Gasteiger partial charge in [-0.3, -0.25) is 5.84 Å². The van der Waals surface area contributed by atoms with Gasteiger partial charge in [0.05, 0.1) is 0 Å². The van der Waals surface area contributed by atoms with Crippen LogP contribution in [0.15, 0.2) is 29.8 Å². The maximum absolute atomic E-state index is 11.0. The highest BCUT2D eigenvalue weighted by molar-refractivity contribution is 5.86. The zero-order valence-corrected chi connectivity index (χ0v) is 12.8. The fourth-order valence-corrected chi connectivity index (χ4v) is 2.60. The van der Waals surface area contributed by atoms with Crippen molar-refractivity contribution in [3.63, 3.8) is 0 Å². The lowest BCUT2D eigenvalue weighted by molar-refractivity contribution is -0.133. The van der Waals surface area contributed by atoms with Gasteiger partial charge in [-0.05, 0) is 38.3 Å². The highest BCUT2D eigenvalue weighted by Gasteiger charge is 2.20. The van der Waals surface area contributed by atoms with E-state index in [1.807, 2.05) is 17.6 Å². The van der Waals surface area contributed by atoms with E-state index in [-0.39, 0.29) is 11.6 Å². The largest absolute Gasteiger partial charge is 0.476 e. The van der Waals surface area contributed by atoms with E-state index in [0.29, 0.717) is 11.8 Å². The van der Waals surface area contributed by atoms with Gasteiger partial charge in [0.25, 0.3) is 0 Å². The van der Waals surface area contributed by atoms with Gasteiger partial charge in [-0.2, -0.15) is 0 Å². The van der Waals surface area contributed by atoms with Crippen LogP contribution in [0.2, 0.25) is 0 Å². The minimum Gasteiger partial charge on any atom is -0.476 e. The molecule has 0 bridgehead atoms. The third-order valence-corrected chi connectivity index (χ3v) is 3.67. The maximum Gasteiger partial charge on any atom is 0.358 e. The van der Waals surface area contributed by atoms with Crippen LogP contribution in [0.3, 0.4) is 0 Å². The molecule has 0 saturated carbocycles. The second kappa shape index (κ2) is 6.57. The number of rotatable bonds is 5. The Balaban J connectivity index is 2.31. The molecule has 0 radical (unpaired) electrons. The number of hydrazine groups is 1. The summed E-state index contributed by atoms with van der Waals surface area (Å²) in [5.41, 5.74) is 9.66. The van der Waals surface area contributed by atoms with Crippen molar-refractivity contribution in [3.8, 4) is 5.75 Å². The number of nitrogens with two attached hydrogens (primary N) is 2. The van der Waals surface area contributed by atoms with E-state index < -0.39 is 5.97 Å². The van der Waals surface area contributed by atoms with Crippen LogP contribution in [0.5, 0.6) is 5.75 Å². The van der Waals surface area contributed by atoms with Gasteiger partial charge in [-0.1, -0.05) is 6.07 Å². The molecule has 0 saturated heterocycles. The number of carboxylic acids is 1. The molecule has 1 aromatic rings. The molecule has 1 aromatic carbocycles. The van der Waals surface area contributed by atoms with E-state index in [2.05, 4.69) is 18.7 Å². The fraction of sp³-hybridized carbons (Fsp3) is 0.400. The molecule has 6 N–H and O–H groups in total. The zero-order valence-electron chi connectivity index (χ0n) is 12.8. The lowest BCUT2D eigenvalue weighted by Gasteiger charge is -2.34. The number of hydrogen-bond donors (Lipinski definition) is 4. The molecule has 0 atom stereocenters. The minimum atomic E-state index is -1.28. The SMILES string of the molecule is CC(C)N1CCCc2ccc(O/C(N)=C(/NN)C(=O)O)cc21. The molecule has 0 fully saturated rings. The molecule has 1 heterocycles. The lowest BCUT2D eigenvalue weighted by atomic mass is 10.0. The summed E-state index contributed by atoms with van der Waals surface area (Å²) >= 11 is 0. The first-order valence-electron chi connectivity index (χ1n) is 7.21. The third kappa shape index (κ3) is 3.25. The number of benzene rings is 1. The molecule has 22 heavy (non-hydrogen) atoms. The first kappa shape index (κ1) is 16.0. The monoisotopic (exact) mass is 306 g/mol. The molecule has 1 aliphatic rings. The Morgan fingerprint density at radius 2 is 2.18 bits per heavy atom. The number of nitrogens with one attached hydrogen (secondary N) is 1. The zero-order chi connectivity index (χ0) is 16.3. The molecule has 0 aliphatic carbocycles. The van der Waals surface area contributed by atoms with E-state index in [9.17, 15) is 4.79 Å². The number of ether oxygens (including phenoxy) is 1. The van der Waals surface area contributed by atoms with Crippen LogP contribution in [0.4, 0.5) is 5.69 Å². The molecular formula is C15H22N4O3. The van der Waals surface area contributed by atoms with E-state index in [1.54, 1.807) is 6.07 Å². The number of anilines is 1. The fourth-order valence-electron chi connectivity index (χ4n) is 2.60. The Hall–Kier alpha value is -2.41. The molecule has 0 spiro atoms. The highest BCUT2D eigenvalue weighted by Crippen LogP contribution is 2.32. The Morgan fingerprint density at radius 3 is 2.77 bits per heavy atom. The van der Waals surface area contributed by atoms with Gasteiger partial charge in [0.2, 0.25) is 5.88 Å². The van der Waals surface area contributed by atoms with Crippen LogP contribution in [0, 0.1) is 0 Å². The van der Waals surface area contributed by atoms with Gasteiger partial charge in [0.15, 0.2) is 5.70 Å². The Kier molecular flexibility index (Phi) is 4.77. The molecule has 0 unspecified atom stereocenters. The predicted molar refractivity (Wildman–Crippen MR) is 84.0 cm³/mol. The summed E-state index contributed by atoms with van der Waals surface area (Å²) in [5.74, 6) is 4.08. The van der Waals surface area contributed by atoms with Crippen molar-refractivity contribution in [2.24, 2.45) is 11.6 Å². The van der Waals surface area contributed by atoms with Crippen LogP contribution < -0.4 is 26.6 Å². The number of aryl methyl sites for hydroxylation is 1. The van der Waals surface area contributed by atoms with E-state index in [4.69, 9.17) is 21.4 Å².